The summed E-state index contributed by atoms with van der Waals surface area (Å²) in [6.45, 7) is 0.586. The number of methoxy groups -OCH3 is 1. The Balaban J connectivity index is 2.01. The Hall–Kier alpha value is -0.750. The molecule has 6 heteroatoms. The highest BCUT2D eigenvalue weighted by Gasteiger charge is 2.25. The maximum Gasteiger partial charge on any atom is 0.315 e. The van der Waals surface area contributed by atoms with Gasteiger partial charge in [0.25, 0.3) is 0 Å². The van der Waals surface area contributed by atoms with Crippen LogP contribution in [-0.2, 0) is 14.3 Å². The molecule has 2 atom stereocenters. The van der Waals surface area contributed by atoms with E-state index >= 15 is 0 Å². The van der Waals surface area contributed by atoms with Gasteiger partial charge in [0, 0.05) is 24.8 Å². The summed E-state index contributed by atoms with van der Waals surface area (Å²) in [5.74, 6) is 1.23. The summed E-state index contributed by atoms with van der Waals surface area (Å²) in [5, 5.41) is 2.85. The van der Waals surface area contributed by atoms with Gasteiger partial charge in [-0.15, -0.1) is 11.8 Å². The zero-order chi connectivity index (χ0) is 13.4. The Morgan fingerprint density at radius 3 is 2.83 bits per heavy atom. The van der Waals surface area contributed by atoms with Crippen LogP contribution in [0.15, 0.2) is 0 Å². The Bertz CT molecular complexity index is 286. The number of carbonyl (C=O) groups excluding carboxylic acids is 2. The molecule has 104 valence electrons. The number of rotatable bonds is 7. The number of thioether (sulfide) groups is 1. The van der Waals surface area contributed by atoms with E-state index in [4.69, 9.17) is 5.73 Å². The Kier molecular flexibility index (Phi) is 7.12. The van der Waals surface area contributed by atoms with Gasteiger partial charge in [-0.3, -0.25) is 9.59 Å². The number of esters is 1. The van der Waals surface area contributed by atoms with Crippen LogP contribution in [0.2, 0.25) is 0 Å². The molecular formula is C12H22N2O3S. The molecule has 1 aliphatic rings. The standard InChI is InChI=1S/C12H22N2O3S/c1-17-12(16)8-18-6-5-14-11(15)7-9-3-2-4-10(9)13/h9-10H,2-8,13H2,1H3,(H,14,15)/t9-,10+/m0/s1. The van der Waals surface area contributed by atoms with Gasteiger partial charge in [0.2, 0.25) is 5.91 Å². The van der Waals surface area contributed by atoms with E-state index in [1.165, 1.54) is 18.9 Å². The van der Waals surface area contributed by atoms with Gasteiger partial charge in [-0.25, -0.2) is 0 Å². The molecule has 0 unspecified atom stereocenters. The first kappa shape index (κ1) is 15.3. The predicted molar refractivity (Wildman–Crippen MR) is 72.3 cm³/mol. The second kappa shape index (κ2) is 8.37. The first-order valence-electron chi connectivity index (χ1n) is 6.30. The molecule has 0 aromatic carbocycles. The van der Waals surface area contributed by atoms with Crippen LogP contribution in [0.3, 0.4) is 0 Å². The third kappa shape index (κ3) is 5.73. The molecule has 18 heavy (non-hydrogen) atoms. The number of amides is 1. The second-order valence-electron chi connectivity index (χ2n) is 4.54. The molecule has 0 aromatic heterocycles. The monoisotopic (exact) mass is 274 g/mol. The van der Waals surface area contributed by atoms with Crippen molar-refractivity contribution in [3.63, 3.8) is 0 Å². The largest absolute Gasteiger partial charge is 0.468 e. The third-order valence-corrected chi connectivity index (χ3v) is 4.11. The molecule has 1 fully saturated rings. The molecular weight excluding hydrogens is 252 g/mol. The summed E-state index contributed by atoms with van der Waals surface area (Å²) >= 11 is 1.46. The van der Waals surface area contributed by atoms with Gasteiger partial charge in [0.1, 0.15) is 0 Å². The van der Waals surface area contributed by atoms with Crippen LogP contribution in [0, 0.1) is 5.92 Å². The molecule has 0 aliphatic heterocycles. The van der Waals surface area contributed by atoms with Crippen molar-refractivity contribution in [2.45, 2.75) is 31.7 Å². The molecule has 1 aliphatic carbocycles. The van der Waals surface area contributed by atoms with Gasteiger partial charge in [-0.1, -0.05) is 6.42 Å². The molecule has 3 N–H and O–H groups in total. The van der Waals surface area contributed by atoms with Crippen LogP contribution in [0.5, 0.6) is 0 Å². The van der Waals surface area contributed by atoms with Crippen LogP contribution >= 0.6 is 11.8 Å². The van der Waals surface area contributed by atoms with Crippen molar-refractivity contribution < 1.29 is 14.3 Å². The first-order valence-corrected chi connectivity index (χ1v) is 7.45. The molecule has 0 bridgehead atoms. The molecule has 5 nitrogen and oxygen atoms in total. The van der Waals surface area contributed by atoms with Crippen molar-refractivity contribution in [1.82, 2.24) is 5.32 Å². The molecule has 1 rings (SSSR count). The average Bonchev–Trinajstić information content (AvgIpc) is 2.74. The number of nitrogens with one attached hydrogen (secondary N) is 1. The maximum atomic E-state index is 11.6. The van der Waals surface area contributed by atoms with Gasteiger partial charge in [-0.05, 0) is 18.8 Å². The Labute approximate surface area is 112 Å². The van der Waals surface area contributed by atoms with E-state index in [2.05, 4.69) is 10.1 Å². The minimum Gasteiger partial charge on any atom is -0.468 e. The van der Waals surface area contributed by atoms with E-state index in [0.717, 1.165) is 25.0 Å². The zero-order valence-electron chi connectivity index (χ0n) is 10.8. The fourth-order valence-corrected chi connectivity index (χ4v) is 2.78. The molecule has 0 spiro atoms. The van der Waals surface area contributed by atoms with E-state index in [0.29, 0.717) is 24.6 Å². The van der Waals surface area contributed by atoms with Crippen LogP contribution in [0.4, 0.5) is 0 Å². The normalized spacial score (nSPS) is 22.8. The van der Waals surface area contributed by atoms with Gasteiger partial charge < -0.3 is 15.8 Å². The van der Waals surface area contributed by atoms with E-state index < -0.39 is 0 Å². The predicted octanol–water partition coefficient (Wildman–Crippen LogP) is 0.526. The quantitative estimate of drug-likeness (QED) is 0.523. The fourth-order valence-electron chi connectivity index (χ4n) is 2.11. The zero-order valence-corrected chi connectivity index (χ0v) is 11.6. The van der Waals surface area contributed by atoms with E-state index in [-0.39, 0.29) is 17.9 Å². The minimum atomic E-state index is -0.233. The Morgan fingerprint density at radius 2 is 2.22 bits per heavy atom. The summed E-state index contributed by atoms with van der Waals surface area (Å²) in [6.07, 6.45) is 3.76. The SMILES string of the molecule is COC(=O)CSCCNC(=O)C[C@@H]1CCC[C@H]1N. The van der Waals surface area contributed by atoms with Gasteiger partial charge in [0.05, 0.1) is 12.9 Å². The summed E-state index contributed by atoms with van der Waals surface area (Å²) in [5.41, 5.74) is 5.92. The lowest BCUT2D eigenvalue weighted by atomic mass is 10.00. The smallest absolute Gasteiger partial charge is 0.315 e. The molecule has 1 amide bonds. The van der Waals surface area contributed by atoms with Gasteiger partial charge >= 0.3 is 5.97 Å². The molecule has 1 saturated carbocycles. The van der Waals surface area contributed by atoms with Gasteiger partial charge in [0.15, 0.2) is 0 Å². The fraction of sp³-hybridized carbons (Fsp3) is 0.833. The number of hydrogen-bond acceptors (Lipinski definition) is 5. The number of nitrogens with two attached hydrogens (primary N) is 1. The first-order chi connectivity index (χ1) is 8.63. The highest BCUT2D eigenvalue weighted by molar-refractivity contribution is 7.99. The van der Waals surface area contributed by atoms with Crippen molar-refractivity contribution in [1.29, 1.82) is 0 Å². The lowest BCUT2D eigenvalue weighted by Crippen LogP contribution is -2.32. The highest BCUT2D eigenvalue weighted by atomic mass is 32.2. The van der Waals surface area contributed by atoms with Crippen LogP contribution in [0.1, 0.15) is 25.7 Å². The Morgan fingerprint density at radius 1 is 1.44 bits per heavy atom. The van der Waals surface area contributed by atoms with Crippen LogP contribution < -0.4 is 11.1 Å². The van der Waals surface area contributed by atoms with Crippen LogP contribution in [-0.4, -0.2) is 43.1 Å². The lowest BCUT2D eigenvalue weighted by molar-refractivity contribution is -0.137. The van der Waals surface area contributed by atoms with Crippen molar-refractivity contribution in [3.05, 3.63) is 0 Å². The van der Waals surface area contributed by atoms with Crippen molar-refractivity contribution in [3.8, 4) is 0 Å². The molecule has 0 radical (unpaired) electrons. The van der Waals surface area contributed by atoms with E-state index in [1.54, 1.807) is 0 Å². The third-order valence-electron chi connectivity index (χ3n) is 3.18. The minimum absolute atomic E-state index is 0.0658. The van der Waals surface area contributed by atoms with Gasteiger partial charge in [-0.2, -0.15) is 0 Å². The summed E-state index contributed by atoms with van der Waals surface area (Å²) in [7, 11) is 1.37. The van der Waals surface area contributed by atoms with Crippen LogP contribution in [0.25, 0.3) is 0 Å². The summed E-state index contributed by atoms with van der Waals surface area (Å²) < 4.78 is 4.52. The summed E-state index contributed by atoms with van der Waals surface area (Å²) in [6, 6.07) is 0.185. The van der Waals surface area contributed by atoms with Crippen molar-refractivity contribution in [2.75, 3.05) is 25.2 Å². The molecule has 0 saturated heterocycles. The topological polar surface area (TPSA) is 81.4 Å². The highest BCUT2D eigenvalue weighted by Crippen LogP contribution is 2.26. The van der Waals surface area contributed by atoms with E-state index in [1.807, 2.05) is 0 Å². The number of hydrogen-bond donors (Lipinski definition) is 2. The molecule has 0 heterocycles. The average molecular weight is 274 g/mol. The number of ether oxygens (including phenoxy) is 1. The lowest BCUT2D eigenvalue weighted by Gasteiger charge is -2.14. The van der Waals surface area contributed by atoms with Crippen molar-refractivity contribution >= 4 is 23.6 Å². The van der Waals surface area contributed by atoms with Crippen molar-refractivity contribution in [2.24, 2.45) is 11.7 Å². The maximum absolute atomic E-state index is 11.6. The summed E-state index contributed by atoms with van der Waals surface area (Å²) in [4.78, 5) is 22.5. The van der Waals surface area contributed by atoms with E-state index in [9.17, 15) is 9.59 Å². The second-order valence-corrected chi connectivity index (χ2v) is 5.64. The molecule has 0 aromatic rings. The number of carbonyl (C=O) groups is 2.